The molecule has 1 aliphatic rings. The van der Waals surface area contributed by atoms with E-state index in [9.17, 15) is 4.79 Å². The summed E-state index contributed by atoms with van der Waals surface area (Å²) >= 11 is 7.55. The van der Waals surface area contributed by atoms with Gasteiger partial charge in [0, 0.05) is 25.3 Å². The van der Waals surface area contributed by atoms with Crippen molar-refractivity contribution >= 4 is 28.8 Å². The van der Waals surface area contributed by atoms with Crippen LogP contribution in [0, 0.1) is 5.92 Å². The third-order valence-electron chi connectivity index (χ3n) is 3.98. The standard InChI is InChI=1S/C16H17ClN2O2S/c17-13-4-2-1-3-12(13)15-18-9-14(22-15)16(21)19-7-5-11(10-20)6-8-19/h1-4,9,11,20H,5-8,10H2. The maximum Gasteiger partial charge on any atom is 0.265 e. The number of aliphatic hydroxyl groups excluding tert-OH is 1. The molecular weight excluding hydrogens is 320 g/mol. The van der Waals surface area contributed by atoms with Crippen LogP contribution >= 0.6 is 22.9 Å². The zero-order valence-electron chi connectivity index (χ0n) is 12.0. The quantitative estimate of drug-likeness (QED) is 0.935. The summed E-state index contributed by atoms with van der Waals surface area (Å²) in [6, 6.07) is 7.50. The van der Waals surface area contributed by atoms with E-state index in [1.54, 1.807) is 6.20 Å². The number of carbonyl (C=O) groups excluding carboxylic acids is 1. The van der Waals surface area contributed by atoms with Crippen molar-refractivity contribution in [2.75, 3.05) is 19.7 Å². The third-order valence-corrected chi connectivity index (χ3v) is 5.33. The summed E-state index contributed by atoms with van der Waals surface area (Å²) in [4.78, 5) is 19.3. The van der Waals surface area contributed by atoms with Gasteiger partial charge in [0.15, 0.2) is 0 Å². The first-order chi connectivity index (χ1) is 10.7. The Labute approximate surface area is 138 Å². The lowest BCUT2D eigenvalue weighted by molar-refractivity contribution is 0.0655. The molecule has 0 bridgehead atoms. The molecule has 4 nitrogen and oxygen atoms in total. The number of halogens is 1. The van der Waals surface area contributed by atoms with Gasteiger partial charge >= 0.3 is 0 Å². The number of hydrogen-bond acceptors (Lipinski definition) is 4. The molecule has 1 N–H and O–H groups in total. The van der Waals surface area contributed by atoms with Gasteiger partial charge in [-0.1, -0.05) is 29.8 Å². The SMILES string of the molecule is O=C(c1cnc(-c2ccccc2Cl)s1)N1CCC(CO)CC1. The first kappa shape index (κ1) is 15.5. The molecule has 3 rings (SSSR count). The molecule has 1 aromatic heterocycles. The largest absolute Gasteiger partial charge is 0.396 e. The maximum atomic E-state index is 12.5. The van der Waals surface area contributed by atoms with Crippen LogP contribution in [0.25, 0.3) is 10.6 Å². The fourth-order valence-electron chi connectivity index (χ4n) is 2.61. The fourth-order valence-corrected chi connectivity index (χ4v) is 3.81. The van der Waals surface area contributed by atoms with Crippen LogP contribution in [-0.2, 0) is 0 Å². The molecule has 116 valence electrons. The van der Waals surface area contributed by atoms with Crippen molar-refractivity contribution in [3.63, 3.8) is 0 Å². The summed E-state index contributed by atoms with van der Waals surface area (Å²) in [5, 5.41) is 10.6. The summed E-state index contributed by atoms with van der Waals surface area (Å²) in [7, 11) is 0. The zero-order chi connectivity index (χ0) is 15.5. The summed E-state index contributed by atoms with van der Waals surface area (Å²) in [6.45, 7) is 1.60. The van der Waals surface area contributed by atoms with Crippen LogP contribution in [0.3, 0.4) is 0 Å². The number of benzene rings is 1. The van der Waals surface area contributed by atoms with Crippen LogP contribution < -0.4 is 0 Å². The van der Waals surface area contributed by atoms with Gasteiger partial charge in [-0.15, -0.1) is 11.3 Å². The molecular formula is C16H17ClN2O2S. The molecule has 6 heteroatoms. The molecule has 1 fully saturated rings. The number of aliphatic hydroxyl groups is 1. The Hall–Kier alpha value is -1.43. The molecule has 0 saturated carbocycles. The van der Waals surface area contributed by atoms with E-state index in [-0.39, 0.29) is 12.5 Å². The Morgan fingerprint density at radius 2 is 2.09 bits per heavy atom. The highest BCUT2D eigenvalue weighted by Crippen LogP contribution is 2.31. The van der Waals surface area contributed by atoms with E-state index in [1.807, 2.05) is 29.2 Å². The first-order valence-corrected chi connectivity index (χ1v) is 8.49. The summed E-state index contributed by atoms with van der Waals surface area (Å²) in [6.07, 6.45) is 3.35. The van der Waals surface area contributed by atoms with E-state index < -0.39 is 0 Å². The van der Waals surface area contributed by atoms with Gasteiger partial charge in [-0.2, -0.15) is 0 Å². The van der Waals surface area contributed by atoms with Crippen LogP contribution in [0.2, 0.25) is 5.02 Å². The molecule has 1 saturated heterocycles. The highest BCUT2D eigenvalue weighted by molar-refractivity contribution is 7.17. The molecule has 2 heterocycles. The smallest absolute Gasteiger partial charge is 0.265 e. The van der Waals surface area contributed by atoms with Gasteiger partial charge in [-0.05, 0) is 24.8 Å². The van der Waals surface area contributed by atoms with Crippen molar-refractivity contribution in [3.8, 4) is 10.6 Å². The Morgan fingerprint density at radius 1 is 1.36 bits per heavy atom. The molecule has 1 amide bonds. The number of nitrogens with zero attached hydrogens (tertiary/aromatic N) is 2. The number of likely N-dealkylation sites (tertiary alicyclic amines) is 1. The van der Waals surface area contributed by atoms with Crippen molar-refractivity contribution in [2.24, 2.45) is 5.92 Å². The molecule has 1 aromatic carbocycles. The van der Waals surface area contributed by atoms with E-state index in [2.05, 4.69) is 4.98 Å². The zero-order valence-corrected chi connectivity index (χ0v) is 13.6. The Kier molecular flexibility index (Phi) is 4.76. The number of carbonyl (C=O) groups is 1. The fraction of sp³-hybridized carbons (Fsp3) is 0.375. The number of amides is 1. The van der Waals surface area contributed by atoms with E-state index in [0.29, 0.717) is 28.9 Å². The van der Waals surface area contributed by atoms with E-state index in [1.165, 1.54) is 11.3 Å². The predicted molar refractivity (Wildman–Crippen MR) is 88.3 cm³/mol. The third kappa shape index (κ3) is 3.16. The second-order valence-corrected chi connectivity index (χ2v) is 6.87. The van der Waals surface area contributed by atoms with Crippen LogP contribution in [0.4, 0.5) is 0 Å². The summed E-state index contributed by atoms with van der Waals surface area (Å²) in [5.74, 6) is 0.344. The number of rotatable bonds is 3. The van der Waals surface area contributed by atoms with Gasteiger partial charge < -0.3 is 10.0 Å². The molecule has 0 aliphatic carbocycles. The van der Waals surface area contributed by atoms with Gasteiger partial charge in [0.1, 0.15) is 9.88 Å². The molecule has 0 spiro atoms. The Balaban J connectivity index is 1.74. The molecule has 2 aromatic rings. The number of hydrogen-bond donors (Lipinski definition) is 1. The lowest BCUT2D eigenvalue weighted by Gasteiger charge is -2.30. The molecule has 0 radical (unpaired) electrons. The molecule has 1 aliphatic heterocycles. The second kappa shape index (κ2) is 6.77. The van der Waals surface area contributed by atoms with Gasteiger partial charge in [0.25, 0.3) is 5.91 Å². The Bertz CT molecular complexity index is 666. The van der Waals surface area contributed by atoms with E-state index >= 15 is 0 Å². The van der Waals surface area contributed by atoms with Crippen molar-refractivity contribution in [1.82, 2.24) is 9.88 Å². The van der Waals surface area contributed by atoms with Gasteiger partial charge in [-0.3, -0.25) is 4.79 Å². The van der Waals surface area contributed by atoms with Gasteiger partial charge in [0.05, 0.1) is 11.2 Å². The van der Waals surface area contributed by atoms with Crippen molar-refractivity contribution < 1.29 is 9.90 Å². The molecule has 0 atom stereocenters. The normalized spacial score (nSPS) is 16.0. The monoisotopic (exact) mass is 336 g/mol. The van der Waals surface area contributed by atoms with Crippen LogP contribution in [0.1, 0.15) is 22.5 Å². The van der Waals surface area contributed by atoms with Crippen LogP contribution in [0.15, 0.2) is 30.5 Å². The summed E-state index contributed by atoms with van der Waals surface area (Å²) < 4.78 is 0. The van der Waals surface area contributed by atoms with Crippen LogP contribution in [0.5, 0.6) is 0 Å². The second-order valence-electron chi connectivity index (χ2n) is 5.43. The average Bonchev–Trinajstić information content (AvgIpc) is 3.04. The number of aromatic nitrogens is 1. The number of thiazole rings is 1. The minimum atomic E-state index is 0.0205. The first-order valence-electron chi connectivity index (χ1n) is 7.30. The topological polar surface area (TPSA) is 53.4 Å². The average molecular weight is 337 g/mol. The number of piperidine rings is 1. The lowest BCUT2D eigenvalue weighted by atomic mass is 9.98. The van der Waals surface area contributed by atoms with Gasteiger partial charge in [-0.25, -0.2) is 4.98 Å². The minimum Gasteiger partial charge on any atom is -0.396 e. The van der Waals surface area contributed by atoms with Crippen LogP contribution in [-0.4, -0.2) is 40.6 Å². The van der Waals surface area contributed by atoms with Crippen molar-refractivity contribution in [1.29, 1.82) is 0 Å². The Morgan fingerprint density at radius 3 is 2.77 bits per heavy atom. The predicted octanol–water partition coefficient (Wildman–Crippen LogP) is 3.31. The maximum absolute atomic E-state index is 12.5. The van der Waals surface area contributed by atoms with Crippen molar-refractivity contribution in [2.45, 2.75) is 12.8 Å². The van der Waals surface area contributed by atoms with E-state index in [0.717, 1.165) is 23.4 Å². The minimum absolute atomic E-state index is 0.0205. The van der Waals surface area contributed by atoms with E-state index in [4.69, 9.17) is 16.7 Å². The summed E-state index contributed by atoms with van der Waals surface area (Å²) in [5.41, 5.74) is 0.854. The van der Waals surface area contributed by atoms with Crippen molar-refractivity contribution in [3.05, 3.63) is 40.4 Å². The highest BCUT2D eigenvalue weighted by Gasteiger charge is 2.24. The molecule has 0 unspecified atom stereocenters. The molecule has 22 heavy (non-hydrogen) atoms. The highest BCUT2D eigenvalue weighted by atomic mass is 35.5. The lowest BCUT2D eigenvalue weighted by Crippen LogP contribution is -2.38. The van der Waals surface area contributed by atoms with Gasteiger partial charge in [0.2, 0.25) is 0 Å².